The van der Waals surface area contributed by atoms with Crippen molar-refractivity contribution in [1.82, 2.24) is 24.5 Å². The second-order valence-electron chi connectivity index (χ2n) is 17.9. The molecule has 1 amide bonds. The predicted octanol–water partition coefficient (Wildman–Crippen LogP) is 15.7. The van der Waals surface area contributed by atoms with Gasteiger partial charge in [0.1, 0.15) is 0 Å². The monoisotopic (exact) mass is 912 g/mol. The van der Waals surface area contributed by atoms with Crippen molar-refractivity contribution in [2.24, 2.45) is 0 Å². The Labute approximate surface area is 409 Å². The summed E-state index contributed by atoms with van der Waals surface area (Å²) in [5, 5.41) is 5.63. The zero-order chi connectivity index (χ0) is 47.3. The molecule has 3 N–H and O–H groups in total. The average Bonchev–Trinajstić information content (AvgIpc) is 4.30. The van der Waals surface area contributed by atoms with E-state index in [1.165, 1.54) is 21.8 Å². The largest absolute Gasteiger partial charge is 0.354 e. The number of nitrogens with one attached hydrogen (secondary N) is 3. The number of carbonyl (C=O) groups is 1. The Balaban J connectivity index is 0.915. The second kappa shape index (κ2) is 17.5. The number of carbonyl (C=O) groups excluding carboxylic acids is 1. The third-order valence-corrected chi connectivity index (χ3v) is 13.6. The highest BCUT2D eigenvalue weighted by atomic mass is 16.1. The first kappa shape index (κ1) is 41.6. The lowest BCUT2D eigenvalue weighted by Gasteiger charge is -2.10. The summed E-state index contributed by atoms with van der Waals surface area (Å²) in [7, 11) is 0. The number of rotatable bonds is 8. The molecule has 13 rings (SSSR count). The van der Waals surface area contributed by atoms with Crippen LogP contribution >= 0.6 is 0 Å². The number of aromatic amines is 2. The van der Waals surface area contributed by atoms with Crippen molar-refractivity contribution in [3.63, 3.8) is 0 Å². The molecule has 0 unspecified atom stereocenters. The van der Waals surface area contributed by atoms with Gasteiger partial charge in [0.15, 0.2) is 0 Å². The van der Waals surface area contributed by atoms with Crippen LogP contribution < -0.4 is 5.32 Å². The Kier molecular flexibility index (Phi) is 10.2. The number of fused-ring (bicyclic) bond motifs is 11. The number of hydrogen-bond donors (Lipinski definition) is 3. The van der Waals surface area contributed by atoms with Gasteiger partial charge >= 0.3 is 0 Å². The van der Waals surface area contributed by atoms with E-state index in [2.05, 4.69) is 202 Å². The molecule has 7 aromatic carbocycles. The zero-order valence-corrected chi connectivity index (χ0v) is 38.5. The van der Waals surface area contributed by atoms with Gasteiger partial charge in [0.25, 0.3) is 5.91 Å². The van der Waals surface area contributed by atoms with Gasteiger partial charge in [0, 0.05) is 83.9 Å². The number of anilines is 1. The number of H-pyrrole nitrogens is 2. The van der Waals surface area contributed by atoms with Gasteiger partial charge < -0.3 is 19.9 Å². The fraction of sp³-hybridized carbons (Fsp3) is 0.0156. The van der Waals surface area contributed by atoms with E-state index in [-0.39, 0.29) is 5.91 Å². The van der Waals surface area contributed by atoms with Gasteiger partial charge in [-0.1, -0.05) is 152 Å². The molecular weight excluding hydrogens is 869 g/mol. The minimum atomic E-state index is -0.173. The summed E-state index contributed by atoms with van der Waals surface area (Å²) in [6.45, 7) is 0.696. The molecule has 11 aromatic rings. The molecule has 6 heterocycles. The van der Waals surface area contributed by atoms with Gasteiger partial charge in [-0.3, -0.25) is 4.79 Å². The Morgan fingerprint density at radius 3 is 1.17 bits per heavy atom. The molecule has 8 bridgehead atoms. The van der Waals surface area contributed by atoms with Crippen LogP contribution in [0.3, 0.4) is 0 Å². The molecule has 0 fully saturated rings. The first-order chi connectivity index (χ1) is 35.1. The molecule has 336 valence electrons. The van der Waals surface area contributed by atoms with E-state index in [0.29, 0.717) is 17.8 Å². The molecule has 71 heavy (non-hydrogen) atoms. The molecular formula is C64H44N6O. The van der Waals surface area contributed by atoms with Crippen LogP contribution in [0.5, 0.6) is 0 Å². The van der Waals surface area contributed by atoms with Crippen molar-refractivity contribution >= 4 is 79.8 Å². The molecule has 0 spiro atoms. The molecule has 4 aromatic heterocycles. The average molecular weight is 913 g/mol. The molecule has 7 heteroatoms. The van der Waals surface area contributed by atoms with Crippen LogP contribution in [0, 0.1) is 0 Å². The molecule has 0 atom stereocenters. The molecule has 0 saturated carbocycles. The van der Waals surface area contributed by atoms with Crippen molar-refractivity contribution < 1.29 is 4.79 Å². The lowest BCUT2D eigenvalue weighted by molar-refractivity contribution is 0.102. The first-order valence-electron chi connectivity index (χ1n) is 23.9. The number of hydrogen-bond acceptors (Lipinski definition) is 3. The van der Waals surface area contributed by atoms with E-state index >= 15 is 0 Å². The molecule has 2 aliphatic heterocycles. The second-order valence-corrected chi connectivity index (χ2v) is 17.9. The van der Waals surface area contributed by atoms with Gasteiger partial charge in [0.2, 0.25) is 0 Å². The summed E-state index contributed by atoms with van der Waals surface area (Å²) < 4.78 is 2.35. The standard InChI is InChI=1S/C64H44N6O/c71-64(46-26-24-41(25-27-46)40-70-58-22-12-10-20-48(58)49-21-11-13-23-59(49)70)65-47-30-28-45(29-31-47)63-56-38-36-54(68-56)61(43-16-6-2-7-17-43)52-34-32-50(66-52)60(42-14-4-1-5-15-42)51-33-35-53(67-51)62(44-18-8-3-9-19-44)55-37-39-57(63)69-55/h1-39,66,69H,40H2,(H,65,71). The van der Waals surface area contributed by atoms with Crippen LogP contribution in [-0.2, 0) is 6.54 Å². The van der Waals surface area contributed by atoms with Gasteiger partial charge in [-0.2, -0.15) is 0 Å². The quantitative estimate of drug-likeness (QED) is 0.142. The highest BCUT2D eigenvalue weighted by Gasteiger charge is 2.20. The van der Waals surface area contributed by atoms with Crippen molar-refractivity contribution in [3.05, 3.63) is 246 Å². The van der Waals surface area contributed by atoms with E-state index in [0.717, 1.165) is 94.9 Å². The summed E-state index contributed by atoms with van der Waals surface area (Å²) >= 11 is 0. The summed E-state index contributed by atoms with van der Waals surface area (Å²) in [6.07, 6.45) is 8.45. The zero-order valence-electron chi connectivity index (χ0n) is 38.5. The van der Waals surface area contributed by atoms with Gasteiger partial charge in [0.05, 0.1) is 22.8 Å². The fourth-order valence-corrected chi connectivity index (χ4v) is 10.3. The van der Waals surface area contributed by atoms with Crippen molar-refractivity contribution in [1.29, 1.82) is 0 Å². The SMILES string of the molecule is O=C(Nc1ccc(-c2c3nc(c(-c4ccccc4)c4ccc([nH]4)c(-c4ccccc4)c4nc(c(-c5ccccc5)c5ccc2[nH]5)C=C4)C=C3)cc1)c1ccc(Cn2c3ccccc3c3ccccc32)cc1. The lowest BCUT2D eigenvalue weighted by atomic mass is 10.0. The van der Waals surface area contributed by atoms with Crippen molar-refractivity contribution in [2.45, 2.75) is 6.54 Å². The Bertz CT molecular complexity index is 4000. The van der Waals surface area contributed by atoms with Crippen LogP contribution in [0.1, 0.15) is 38.7 Å². The summed E-state index contributed by atoms with van der Waals surface area (Å²) in [6, 6.07) is 72.9. The molecule has 0 saturated heterocycles. The smallest absolute Gasteiger partial charge is 0.255 e. The van der Waals surface area contributed by atoms with Gasteiger partial charge in [-0.15, -0.1) is 0 Å². The van der Waals surface area contributed by atoms with Crippen molar-refractivity contribution in [3.8, 4) is 44.5 Å². The number of benzene rings is 7. The van der Waals surface area contributed by atoms with E-state index in [1.54, 1.807) is 0 Å². The Hall–Kier alpha value is -9.59. The topological polar surface area (TPSA) is 91.4 Å². The maximum atomic E-state index is 13.8. The number of aromatic nitrogens is 5. The summed E-state index contributed by atoms with van der Waals surface area (Å²) in [5.74, 6) is -0.173. The van der Waals surface area contributed by atoms with Crippen LogP contribution in [0.15, 0.2) is 212 Å². The third kappa shape index (κ3) is 7.62. The molecule has 7 nitrogen and oxygen atoms in total. The third-order valence-electron chi connectivity index (χ3n) is 13.6. The number of nitrogens with zero attached hydrogens (tertiary/aromatic N) is 3. The maximum absolute atomic E-state index is 13.8. The summed E-state index contributed by atoms with van der Waals surface area (Å²) in [4.78, 5) is 32.3. The highest BCUT2D eigenvalue weighted by Crippen LogP contribution is 2.39. The van der Waals surface area contributed by atoms with E-state index in [9.17, 15) is 4.79 Å². The van der Waals surface area contributed by atoms with E-state index < -0.39 is 0 Å². The summed E-state index contributed by atoms with van der Waals surface area (Å²) in [5.41, 5.74) is 19.9. The minimum Gasteiger partial charge on any atom is -0.354 e. The molecule has 0 aliphatic carbocycles. The van der Waals surface area contributed by atoms with E-state index in [4.69, 9.17) is 9.97 Å². The van der Waals surface area contributed by atoms with Crippen molar-refractivity contribution in [2.75, 3.05) is 5.32 Å². The molecule has 2 aliphatic rings. The first-order valence-corrected chi connectivity index (χ1v) is 23.9. The number of para-hydroxylation sites is 2. The lowest BCUT2D eigenvalue weighted by Crippen LogP contribution is -2.12. The maximum Gasteiger partial charge on any atom is 0.255 e. The minimum absolute atomic E-state index is 0.173. The van der Waals surface area contributed by atoms with Crippen LogP contribution in [-0.4, -0.2) is 30.4 Å². The normalized spacial score (nSPS) is 11.9. The fourth-order valence-electron chi connectivity index (χ4n) is 10.3. The van der Waals surface area contributed by atoms with Crippen LogP contribution in [0.4, 0.5) is 5.69 Å². The Morgan fingerprint density at radius 2 is 0.761 bits per heavy atom. The number of amides is 1. The van der Waals surface area contributed by atoms with Gasteiger partial charge in [-0.05, 0) is 113 Å². The Morgan fingerprint density at radius 1 is 0.394 bits per heavy atom. The highest BCUT2D eigenvalue weighted by molar-refractivity contribution is 6.08. The van der Waals surface area contributed by atoms with Crippen LogP contribution in [0.25, 0.3) is 113 Å². The van der Waals surface area contributed by atoms with Crippen LogP contribution in [0.2, 0.25) is 0 Å². The van der Waals surface area contributed by atoms with Gasteiger partial charge in [-0.25, -0.2) is 9.97 Å². The molecule has 0 radical (unpaired) electrons. The predicted molar refractivity (Wildman–Crippen MR) is 294 cm³/mol. The van der Waals surface area contributed by atoms with E-state index in [1.807, 2.05) is 54.6 Å².